The Kier molecular flexibility index (Phi) is 7.45. The molecular formula is C24H24ClN3O5S. The van der Waals surface area contributed by atoms with Crippen LogP contribution in [0, 0.1) is 0 Å². The molecule has 0 radical (unpaired) electrons. The molecule has 0 unspecified atom stereocenters. The number of piperidine rings is 1. The molecule has 3 aromatic rings. The summed E-state index contributed by atoms with van der Waals surface area (Å²) in [5.41, 5.74) is 0.772. The average molecular weight is 502 g/mol. The summed E-state index contributed by atoms with van der Waals surface area (Å²) in [6.07, 6.45) is 3.33. The van der Waals surface area contributed by atoms with E-state index in [4.69, 9.17) is 16.3 Å². The van der Waals surface area contributed by atoms with Gasteiger partial charge in [-0.05, 0) is 36.6 Å². The van der Waals surface area contributed by atoms with E-state index in [0.717, 1.165) is 12.8 Å². The van der Waals surface area contributed by atoms with E-state index in [2.05, 4.69) is 9.97 Å². The molecule has 1 saturated heterocycles. The summed E-state index contributed by atoms with van der Waals surface area (Å²) >= 11 is 5.99. The minimum atomic E-state index is -3.64. The minimum Gasteiger partial charge on any atom is -0.487 e. The second-order valence-electron chi connectivity index (χ2n) is 8.00. The van der Waals surface area contributed by atoms with Gasteiger partial charge in [0, 0.05) is 17.8 Å². The molecule has 1 atom stereocenters. The van der Waals surface area contributed by atoms with E-state index >= 15 is 0 Å². The summed E-state index contributed by atoms with van der Waals surface area (Å²) in [6, 6.07) is 15.2. The SMILES string of the molecule is O=C(O)c1cnc([C@@H]2CCCCN2S(=O)(=O)Cc2ccccc2)nc1COc1cccc(Cl)c1. The van der Waals surface area contributed by atoms with Crippen LogP contribution >= 0.6 is 11.6 Å². The number of benzene rings is 2. The molecule has 0 saturated carbocycles. The van der Waals surface area contributed by atoms with E-state index in [1.54, 1.807) is 48.5 Å². The monoisotopic (exact) mass is 501 g/mol. The van der Waals surface area contributed by atoms with Crippen molar-refractivity contribution in [2.24, 2.45) is 0 Å². The molecule has 0 aliphatic carbocycles. The third-order valence-corrected chi connectivity index (χ3v) is 7.67. The number of carboxylic acids is 1. The fourth-order valence-corrected chi connectivity index (χ4v) is 5.91. The maximum atomic E-state index is 13.3. The molecule has 1 aliphatic rings. The molecule has 178 valence electrons. The Bertz CT molecular complexity index is 1270. The fourth-order valence-electron chi connectivity index (χ4n) is 3.95. The molecule has 0 spiro atoms. The lowest BCUT2D eigenvalue weighted by atomic mass is 10.0. The largest absolute Gasteiger partial charge is 0.487 e. The minimum absolute atomic E-state index is 0.0970. The van der Waals surface area contributed by atoms with Gasteiger partial charge in [-0.15, -0.1) is 0 Å². The van der Waals surface area contributed by atoms with Crippen LogP contribution in [-0.4, -0.2) is 40.3 Å². The Morgan fingerprint density at radius 3 is 2.68 bits per heavy atom. The molecular weight excluding hydrogens is 478 g/mol. The van der Waals surface area contributed by atoms with Gasteiger partial charge in [-0.1, -0.05) is 54.4 Å². The number of halogens is 1. The van der Waals surface area contributed by atoms with Crippen molar-refractivity contribution in [3.8, 4) is 5.75 Å². The number of nitrogens with zero attached hydrogens (tertiary/aromatic N) is 3. The molecule has 2 aromatic carbocycles. The fraction of sp³-hybridized carbons (Fsp3) is 0.292. The Labute approximate surface area is 203 Å². The second kappa shape index (κ2) is 10.5. The lowest BCUT2D eigenvalue weighted by molar-refractivity contribution is 0.0692. The number of aromatic nitrogens is 2. The maximum absolute atomic E-state index is 13.3. The zero-order valence-electron chi connectivity index (χ0n) is 18.3. The van der Waals surface area contributed by atoms with Crippen LogP contribution in [0.1, 0.15) is 52.7 Å². The van der Waals surface area contributed by atoms with Crippen LogP contribution in [0.3, 0.4) is 0 Å². The summed E-state index contributed by atoms with van der Waals surface area (Å²) in [6.45, 7) is 0.235. The molecule has 1 aromatic heterocycles. The summed E-state index contributed by atoms with van der Waals surface area (Å²) < 4.78 is 33.7. The quantitative estimate of drug-likeness (QED) is 0.485. The van der Waals surface area contributed by atoms with Crippen molar-refractivity contribution in [1.82, 2.24) is 14.3 Å². The topological polar surface area (TPSA) is 110 Å². The van der Waals surface area contributed by atoms with Gasteiger partial charge in [-0.25, -0.2) is 23.2 Å². The van der Waals surface area contributed by atoms with Crippen LogP contribution in [0.15, 0.2) is 60.8 Å². The lowest BCUT2D eigenvalue weighted by Crippen LogP contribution is -2.40. The Morgan fingerprint density at radius 2 is 1.94 bits per heavy atom. The van der Waals surface area contributed by atoms with Crippen molar-refractivity contribution in [3.63, 3.8) is 0 Å². The normalized spacial score (nSPS) is 16.8. The number of ether oxygens (including phenoxy) is 1. The predicted molar refractivity (Wildman–Crippen MR) is 127 cm³/mol. The Morgan fingerprint density at radius 1 is 1.15 bits per heavy atom. The van der Waals surface area contributed by atoms with Gasteiger partial charge < -0.3 is 9.84 Å². The van der Waals surface area contributed by atoms with Crippen LogP contribution in [-0.2, 0) is 22.4 Å². The number of hydrogen-bond donors (Lipinski definition) is 1. The number of hydrogen-bond acceptors (Lipinski definition) is 6. The zero-order chi connectivity index (χ0) is 24.1. The molecule has 1 aliphatic heterocycles. The van der Waals surface area contributed by atoms with Crippen molar-refractivity contribution in [2.75, 3.05) is 6.54 Å². The highest BCUT2D eigenvalue weighted by Gasteiger charge is 2.35. The first-order valence-corrected chi connectivity index (χ1v) is 12.8. The van der Waals surface area contributed by atoms with Crippen molar-refractivity contribution in [3.05, 3.63) is 88.5 Å². The van der Waals surface area contributed by atoms with Crippen LogP contribution in [0.5, 0.6) is 5.75 Å². The van der Waals surface area contributed by atoms with Crippen LogP contribution in [0.2, 0.25) is 5.02 Å². The first kappa shape index (κ1) is 24.1. The summed E-state index contributed by atoms with van der Waals surface area (Å²) in [5, 5.41) is 10.1. The first-order chi connectivity index (χ1) is 16.3. The highest BCUT2D eigenvalue weighted by molar-refractivity contribution is 7.88. The van der Waals surface area contributed by atoms with Gasteiger partial charge in [0.15, 0.2) is 0 Å². The van der Waals surface area contributed by atoms with Gasteiger partial charge in [0.25, 0.3) is 0 Å². The van der Waals surface area contributed by atoms with E-state index in [9.17, 15) is 18.3 Å². The van der Waals surface area contributed by atoms with E-state index in [1.165, 1.54) is 10.5 Å². The molecule has 4 rings (SSSR count). The maximum Gasteiger partial charge on any atom is 0.339 e. The molecule has 8 nitrogen and oxygen atoms in total. The van der Waals surface area contributed by atoms with Gasteiger partial charge in [-0.2, -0.15) is 4.31 Å². The van der Waals surface area contributed by atoms with Gasteiger partial charge in [0.1, 0.15) is 23.7 Å². The van der Waals surface area contributed by atoms with Gasteiger partial charge in [0.05, 0.1) is 17.5 Å². The van der Waals surface area contributed by atoms with E-state index < -0.39 is 22.0 Å². The van der Waals surface area contributed by atoms with Crippen LogP contribution in [0.25, 0.3) is 0 Å². The predicted octanol–water partition coefficient (Wildman–Crippen LogP) is 4.46. The number of sulfonamides is 1. The molecule has 10 heteroatoms. The third kappa shape index (κ3) is 5.72. The van der Waals surface area contributed by atoms with Crippen LogP contribution in [0.4, 0.5) is 0 Å². The third-order valence-electron chi connectivity index (χ3n) is 5.59. The number of carbonyl (C=O) groups is 1. The molecule has 34 heavy (non-hydrogen) atoms. The Balaban J connectivity index is 1.62. The molecule has 1 fully saturated rings. The van der Waals surface area contributed by atoms with Gasteiger partial charge in [0.2, 0.25) is 10.0 Å². The van der Waals surface area contributed by atoms with Gasteiger partial charge in [-0.3, -0.25) is 0 Å². The van der Waals surface area contributed by atoms with Crippen molar-refractivity contribution in [2.45, 2.75) is 37.7 Å². The second-order valence-corrected chi connectivity index (χ2v) is 10.4. The zero-order valence-corrected chi connectivity index (χ0v) is 19.9. The first-order valence-electron chi connectivity index (χ1n) is 10.8. The highest BCUT2D eigenvalue weighted by atomic mass is 35.5. The number of aromatic carboxylic acids is 1. The van der Waals surface area contributed by atoms with Gasteiger partial charge >= 0.3 is 5.97 Å². The standard InChI is InChI=1S/C24H24ClN3O5S/c25-18-9-6-10-19(13-18)33-15-21-20(24(29)30)14-26-23(27-21)22-11-4-5-12-28(22)34(31,32)16-17-7-2-1-3-8-17/h1-3,6-10,13-14,22H,4-5,11-12,15-16H2,(H,29,30)/t22-/m0/s1. The van der Waals surface area contributed by atoms with E-state index in [1.807, 2.05) is 6.07 Å². The summed E-state index contributed by atoms with van der Waals surface area (Å²) in [7, 11) is -3.64. The molecule has 0 amide bonds. The number of carboxylic acid groups (broad SMARTS) is 1. The molecule has 0 bridgehead atoms. The highest BCUT2D eigenvalue weighted by Crippen LogP contribution is 2.33. The summed E-state index contributed by atoms with van der Waals surface area (Å²) in [5.74, 6) is -0.573. The number of rotatable bonds is 8. The van der Waals surface area contributed by atoms with E-state index in [0.29, 0.717) is 29.3 Å². The van der Waals surface area contributed by atoms with Crippen molar-refractivity contribution >= 4 is 27.6 Å². The van der Waals surface area contributed by atoms with Crippen molar-refractivity contribution < 1.29 is 23.1 Å². The lowest BCUT2D eigenvalue weighted by Gasteiger charge is -2.33. The molecule has 2 heterocycles. The molecule has 1 N–H and O–H groups in total. The van der Waals surface area contributed by atoms with Crippen molar-refractivity contribution in [1.29, 1.82) is 0 Å². The average Bonchev–Trinajstić information content (AvgIpc) is 2.83. The van der Waals surface area contributed by atoms with E-state index in [-0.39, 0.29) is 29.4 Å². The van der Waals surface area contributed by atoms with Crippen LogP contribution < -0.4 is 4.74 Å². The summed E-state index contributed by atoms with van der Waals surface area (Å²) in [4.78, 5) is 20.5. The Hall–Kier alpha value is -3.01. The smallest absolute Gasteiger partial charge is 0.339 e.